The van der Waals surface area contributed by atoms with Crippen molar-refractivity contribution in [1.82, 2.24) is 14.5 Å². The molecule has 192 valence electrons. The Morgan fingerprint density at radius 1 is 1.13 bits per heavy atom. The fourth-order valence-electron chi connectivity index (χ4n) is 4.64. The Bertz CT molecular complexity index is 1570. The number of aromatic nitrogens is 1. The number of morpholine rings is 1. The lowest BCUT2D eigenvalue weighted by Crippen LogP contribution is -2.41. The number of halogens is 1. The maximum Gasteiger partial charge on any atom is 0.283 e. The summed E-state index contributed by atoms with van der Waals surface area (Å²) in [4.78, 5) is 31.5. The number of nitrogens with zero attached hydrogens (tertiary/aromatic N) is 5. The van der Waals surface area contributed by atoms with E-state index in [1.807, 2.05) is 35.0 Å². The molecule has 0 bridgehead atoms. The Labute approximate surface area is 221 Å². The van der Waals surface area contributed by atoms with Crippen LogP contribution in [0.25, 0.3) is 17.0 Å². The van der Waals surface area contributed by atoms with Gasteiger partial charge in [0.2, 0.25) is 11.1 Å². The smallest absolute Gasteiger partial charge is 0.283 e. The van der Waals surface area contributed by atoms with Gasteiger partial charge in [-0.2, -0.15) is 15.1 Å². The SMILES string of the molecule is N=C1C(=Cc2cn(Cc3ccccc3F)c3ccccc23)C(=O)N=C2SC(CC(=O)N3CCOCC3)=NN12. The summed E-state index contributed by atoms with van der Waals surface area (Å²) >= 11 is 1.13. The number of benzene rings is 2. The molecule has 0 aliphatic carbocycles. The quantitative estimate of drug-likeness (QED) is 0.507. The number of carbonyl (C=O) groups excluding carboxylic acids is 2. The van der Waals surface area contributed by atoms with Gasteiger partial charge in [-0.25, -0.2) is 4.39 Å². The molecule has 0 atom stereocenters. The summed E-state index contributed by atoms with van der Waals surface area (Å²) in [6.07, 6.45) is 3.55. The van der Waals surface area contributed by atoms with E-state index in [0.29, 0.717) is 49.0 Å². The van der Waals surface area contributed by atoms with Crippen molar-refractivity contribution < 1.29 is 18.7 Å². The highest BCUT2D eigenvalue weighted by Crippen LogP contribution is 2.31. The highest BCUT2D eigenvalue weighted by Gasteiger charge is 2.36. The van der Waals surface area contributed by atoms with E-state index in [1.165, 1.54) is 11.1 Å². The van der Waals surface area contributed by atoms with E-state index >= 15 is 0 Å². The molecule has 3 aromatic rings. The summed E-state index contributed by atoms with van der Waals surface area (Å²) in [5, 5.41) is 16.1. The highest BCUT2D eigenvalue weighted by atomic mass is 32.2. The maximum absolute atomic E-state index is 14.3. The zero-order valence-corrected chi connectivity index (χ0v) is 21.1. The van der Waals surface area contributed by atoms with Crippen molar-refractivity contribution in [3.8, 4) is 0 Å². The molecule has 0 unspecified atom stereocenters. The second-order valence-corrected chi connectivity index (χ2v) is 10.0. The lowest BCUT2D eigenvalue weighted by molar-refractivity contribution is -0.133. The first-order chi connectivity index (χ1) is 18.5. The number of hydrazone groups is 1. The number of rotatable bonds is 5. The number of ether oxygens (including phenoxy) is 1. The van der Waals surface area contributed by atoms with Gasteiger partial charge in [-0.3, -0.25) is 15.0 Å². The maximum atomic E-state index is 14.3. The molecule has 2 amide bonds. The van der Waals surface area contributed by atoms with Crippen LogP contribution in [-0.2, 0) is 20.9 Å². The highest BCUT2D eigenvalue weighted by molar-refractivity contribution is 8.27. The van der Waals surface area contributed by atoms with E-state index in [4.69, 9.17) is 10.1 Å². The van der Waals surface area contributed by atoms with Crippen LogP contribution >= 0.6 is 11.8 Å². The number of hydrogen-bond acceptors (Lipinski definition) is 6. The third-order valence-electron chi connectivity index (χ3n) is 6.58. The molecule has 9 nitrogen and oxygen atoms in total. The number of hydrogen-bond donors (Lipinski definition) is 1. The number of nitrogens with one attached hydrogen (secondary N) is 1. The molecule has 0 spiro atoms. The lowest BCUT2D eigenvalue weighted by Gasteiger charge is -2.26. The van der Waals surface area contributed by atoms with Crippen LogP contribution in [0.4, 0.5) is 4.39 Å². The zero-order valence-electron chi connectivity index (χ0n) is 20.3. The second-order valence-electron chi connectivity index (χ2n) is 9.00. The molecule has 1 fully saturated rings. The molecule has 0 saturated carbocycles. The zero-order chi connectivity index (χ0) is 26.2. The molecular formula is C27H23FN6O3S. The molecular weight excluding hydrogens is 507 g/mol. The number of amides is 2. The van der Waals surface area contributed by atoms with Crippen molar-refractivity contribution in [1.29, 1.82) is 5.41 Å². The van der Waals surface area contributed by atoms with Crippen molar-refractivity contribution in [3.05, 3.63) is 77.2 Å². The van der Waals surface area contributed by atoms with Crippen LogP contribution in [0.5, 0.6) is 0 Å². The van der Waals surface area contributed by atoms with Gasteiger partial charge in [0.05, 0.1) is 31.8 Å². The number of thioether (sulfide) groups is 1. The first-order valence-corrected chi connectivity index (χ1v) is 13.0. The van der Waals surface area contributed by atoms with Gasteiger partial charge >= 0.3 is 0 Å². The average molecular weight is 531 g/mol. The Morgan fingerprint density at radius 3 is 2.71 bits per heavy atom. The normalized spacial score (nSPS) is 18.7. The summed E-state index contributed by atoms with van der Waals surface area (Å²) in [6.45, 7) is 2.40. The average Bonchev–Trinajstić information content (AvgIpc) is 3.49. The van der Waals surface area contributed by atoms with Gasteiger partial charge in [-0.1, -0.05) is 36.4 Å². The molecule has 38 heavy (non-hydrogen) atoms. The van der Waals surface area contributed by atoms with Crippen LogP contribution in [-0.4, -0.2) is 68.6 Å². The van der Waals surface area contributed by atoms with Gasteiger partial charge in [-0.05, 0) is 30.0 Å². The minimum atomic E-state index is -0.546. The Kier molecular flexibility index (Phi) is 6.38. The van der Waals surface area contributed by atoms with Gasteiger partial charge in [0, 0.05) is 41.3 Å². The number of fused-ring (bicyclic) bond motifs is 2. The van der Waals surface area contributed by atoms with E-state index in [-0.39, 0.29) is 34.7 Å². The summed E-state index contributed by atoms with van der Waals surface area (Å²) in [5.41, 5.74) is 2.22. The first kappa shape index (κ1) is 24.3. The molecule has 3 aliphatic rings. The Morgan fingerprint density at radius 2 is 1.89 bits per heavy atom. The van der Waals surface area contributed by atoms with Crippen molar-refractivity contribution in [2.45, 2.75) is 13.0 Å². The first-order valence-electron chi connectivity index (χ1n) is 12.1. The molecule has 4 heterocycles. The van der Waals surface area contributed by atoms with E-state index in [2.05, 4.69) is 10.1 Å². The second kappa shape index (κ2) is 9.99. The van der Waals surface area contributed by atoms with Gasteiger partial charge in [-0.15, -0.1) is 0 Å². The number of carbonyl (C=O) groups is 2. The van der Waals surface area contributed by atoms with E-state index in [1.54, 1.807) is 29.2 Å². The van der Waals surface area contributed by atoms with Gasteiger partial charge < -0.3 is 14.2 Å². The van der Waals surface area contributed by atoms with Gasteiger partial charge in [0.15, 0.2) is 5.84 Å². The topological polar surface area (TPSA) is 103 Å². The summed E-state index contributed by atoms with van der Waals surface area (Å²) in [5.74, 6) is -1.01. The van der Waals surface area contributed by atoms with E-state index in [9.17, 15) is 14.0 Å². The van der Waals surface area contributed by atoms with Crippen LogP contribution in [0.2, 0.25) is 0 Å². The molecule has 0 radical (unpaired) electrons. The molecule has 3 aliphatic heterocycles. The van der Waals surface area contributed by atoms with Crippen molar-refractivity contribution in [2.24, 2.45) is 10.1 Å². The minimum Gasteiger partial charge on any atom is -0.378 e. The molecule has 6 rings (SSSR count). The summed E-state index contributed by atoms with van der Waals surface area (Å²) in [7, 11) is 0. The molecule has 1 aromatic heterocycles. The van der Waals surface area contributed by atoms with Crippen LogP contribution in [0, 0.1) is 11.2 Å². The third kappa shape index (κ3) is 4.54. The molecule has 1 N–H and O–H groups in total. The molecule has 1 saturated heterocycles. The van der Waals surface area contributed by atoms with Crippen LogP contribution in [0.15, 0.2) is 70.4 Å². The molecule has 11 heteroatoms. The summed E-state index contributed by atoms with van der Waals surface area (Å²) < 4.78 is 21.6. The van der Waals surface area contributed by atoms with E-state index in [0.717, 1.165) is 22.7 Å². The Hall–Kier alpha value is -4.09. The monoisotopic (exact) mass is 530 g/mol. The standard InChI is InChI=1S/C27H23FN6O3S/c28-21-7-3-1-5-17(21)15-33-16-18(19-6-2-4-8-22(19)33)13-20-25(29)34-27(30-26(20)36)38-23(31-34)14-24(35)32-9-11-37-12-10-32/h1-8,13,16,29H,9-12,14-15H2. The largest absolute Gasteiger partial charge is 0.378 e. The Balaban J connectivity index is 1.28. The third-order valence-corrected chi connectivity index (χ3v) is 7.49. The van der Waals surface area contributed by atoms with Crippen LogP contribution in [0.1, 0.15) is 17.5 Å². The summed E-state index contributed by atoms with van der Waals surface area (Å²) in [6, 6.07) is 14.3. The van der Waals surface area contributed by atoms with Crippen LogP contribution < -0.4 is 0 Å². The number of amidine groups is 2. The fourth-order valence-corrected chi connectivity index (χ4v) is 5.52. The fraction of sp³-hybridized carbons (Fsp3) is 0.222. The van der Waals surface area contributed by atoms with Gasteiger partial charge in [0.25, 0.3) is 5.91 Å². The van der Waals surface area contributed by atoms with E-state index < -0.39 is 5.91 Å². The number of para-hydroxylation sites is 1. The number of aliphatic imine (C=N–C) groups is 1. The predicted molar refractivity (Wildman–Crippen MR) is 144 cm³/mol. The van der Waals surface area contributed by atoms with Gasteiger partial charge in [0.1, 0.15) is 10.9 Å². The van der Waals surface area contributed by atoms with Crippen LogP contribution in [0.3, 0.4) is 0 Å². The van der Waals surface area contributed by atoms with Crippen molar-refractivity contribution in [2.75, 3.05) is 26.3 Å². The van der Waals surface area contributed by atoms with Crippen molar-refractivity contribution >= 4 is 56.6 Å². The molecule has 2 aromatic carbocycles. The lowest BCUT2D eigenvalue weighted by atomic mass is 10.1. The predicted octanol–water partition coefficient (Wildman–Crippen LogP) is 3.70. The van der Waals surface area contributed by atoms with Crippen molar-refractivity contribution in [3.63, 3.8) is 0 Å². The minimum absolute atomic E-state index is 0.0729.